The lowest BCUT2D eigenvalue weighted by Gasteiger charge is -2.16. The molecule has 94 valence electrons. The van der Waals surface area contributed by atoms with E-state index in [-0.39, 0.29) is 12.3 Å². The molecule has 0 radical (unpaired) electrons. The van der Waals surface area contributed by atoms with E-state index in [0.29, 0.717) is 13.2 Å². The molecule has 1 aromatic rings. The van der Waals surface area contributed by atoms with E-state index < -0.39 is 5.97 Å². The summed E-state index contributed by atoms with van der Waals surface area (Å²) in [7, 11) is 1.70. The van der Waals surface area contributed by atoms with Gasteiger partial charge in [-0.25, -0.2) is 0 Å². The summed E-state index contributed by atoms with van der Waals surface area (Å²) < 4.78 is 4.74. The van der Waals surface area contributed by atoms with Crippen molar-refractivity contribution in [3.8, 4) is 0 Å². The lowest BCUT2D eigenvalue weighted by Crippen LogP contribution is -2.28. The summed E-state index contributed by atoms with van der Waals surface area (Å²) in [5, 5.41) is 1.99. The number of carbonyl (C=O) groups excluding carboxylic acids is 2. The molecule has 1 heterocycles. The Morgan fingerprint density at radius 1 is 1.47 bits per heavy atom. The van der Waals surface area contributed by atoms with Crippen LogP contribution in [0, 0.1) is 6.92 Å². The minimum absolute atomic E-state index is 0.186. The van der Waals surface area contributed by atoms with Crippen LogP contribution in [0.1, 0.15) is 23.8 Å². The number of hydrogen-bond donors (Lipinski definition) is 0. The number of rotatable bonds is 5. The molecule has 5 heteroatoms. The van der Waals surface area contributed by atoms with Crippen LogP contribution in [0.5, 0.6) is 0 Å². The Kier molecular flexibility index (Phi) is 5.15. The fourth-order valence-corrected chi connectivity index (χ4v) is 2.30. The van der Waals surface area contributed by atoms with E-state index >= 15 is 0 Å². The average Bonchev–Trinajstić information content (AvgIpc) is 2.64. The van der Waals surface area contributed by atoms with Crippen LogP contribution in [0.25, 0.3) is 0 Å². The van der Waals surface area contributed by atoms with Crippen LogP contribution in [0.15, 0.2) is 11.4 Å². The molecule has 0 bridgehead atoms. The largest absolute Gasteiger partial charge is 0.466 e. The highest BCUT2D eigenvalue weighted by molar-refractivity contribution is 7.10. The van der Waals surface area contributed by atoms with Gasteiger partial charge in [0.15, 0.2) is 0 Å². The number of hydrogen-bond acceptors (Lipinski definition) is 4. The van der Waals surface area contributed by atoms with E-state index in [0.717, 1.165) is 4.88 Å². The van der Waals surface area contributed by atoms with Crippen LogP contribution in [-0.2, 0) is 20.9 Å². The Hall–Kier alpha value is -1.36. The monoisotopic (exact) mass is 255 g/mol. The van der Waals surface area contributed by atoms with E-state index in [1.165, 1.54) is 5.56 Å². The van der Waals surface area contributed by atoms with Crippen molar-refractivity contribution in [1.82, 2.24) is 4.90 Å². The molecule has 0 aromatic carbocycles. The molecule has 0 saturated heterocycles. The van der Waals surface area contributed by atoms with Crippen molar-refractivity contribution in [1.29, 1.82) is 0 Å². The summed E-state index contributed by atoms with van der Waals surface area (Å²) in [5.74, 6) is -0.677. The maximum Gasteiger partial charge on any atom is 0.315 e. The van der Waals surface area contributed by atoms with Crippen LogP contribution < -0.4 is 0 Å². The van der Waals surface area contributed by atoms with Gasteiger partial charge in [-0.2, -0.15) is 0 Å². The van der Waals surface area contributed by atoms with E-state index in [4.69, 9.17) is 4.74 Å². The number of carbonyl (C=O) groups is 2. The molecule has 0 aliphatic carbocycles. The predicted molar refractivity (Wildman–Crippen MR) is 66.8 cm³/mol. The number of nitrogens with zero attached hydrogens (tertiary/aromatic N) is 1. The molecule has 1 aromatic heterocycles. The quantitative estimate of drug-likeness (QED) is 0.597. The van der Waals surface area contributed by atoms with Crippen molar-refractivity contribution in [2.45, 2.75) is 26.8 Å². The Morgan fingerprint density at radius 3 is 2.71 bits per heavy atom. The van der Waals surface area contributed by atoms with Crippen molar-refractivity contribution in [2.75, 3.05) is 13.7 Å². The Balaban J connectivity index is 2.47. The van der Waals surface area contributed by atoms with Gasteiger partial charge in [-0.05, 0) is 30.9 Å². The molecular weight excluding hydrogens is 238 g/mol. The van der Waals surface area contributed by atoms with Gasteiger partial charge in [0, 0.05) is 11.9 Å². The molecule has 0 spiro atoms. The molecule has 0 saturated carbocycles. The van der Waals surface area contributed by atoms with Crippen LogP contribution >= 0.6 is 11.3 Å². The second kappa shape index (κ2) is 6.39. The summed E-state index contributed by atoms with van der Waals surface area (Å²) in [6, 6.07) is 2.02. The third-order valence-corrected chi connectivity index (χ3v) is 3.38. The molecule has 1 amide bonds. The fraction of sp³-hybridized carbons (Fsp3) is 0.500. The van der Waals surface area contributed by atoms with Crippen molar-refractivity contribution >= 4 is 23.2 Å². The lowest BCUT2D eigenvalue weighted by atomic mass is 10.2. The molecule has 17 heavy (non-hydrogen) atoms. The molecule has 0 atom stereocenters. The maximum atomic E-state index is 11.7. The van der Waals surface area contributed by atoms with Crippen molar-refractivity contribution in [3.05, 3.63) is 21.9 Å². The van der Waals surface area contributed by atoms with Gasteiger partial charge in [0.25, 0.3) is 0 Å². The number of ether oxygens (including phenoxy) is 1. The Bertz CT molecular complexity index is 400. The van der Waals surface area contributed by atoms with Gasteiger partial charge in [0.05, 0.1) is 13.2 Å². The predicted octanol–water partition coefficient (Wildman–Crippen LogP) is 1.97. The second-order valence-corrected chi connectivity index (χ2v) is 4.76. The van der Waals surface area contributed by atoms with Crippen LogP contribution in [0.2, 0.25) is 0 Å². The summed E-state index contributed by atoms with van der Waals surface area (Å²) >= 11 is 1.61. The van der Waals surface area contributed by atoms with Crippen LogP contribution in [-0.4, -0.2) is 30.4 Å². The highest BCUT2D eigenvalue weighted by Gasteiger charge is 2.15. The first-order valence-corrected chi connectivity index (χ1v) is 6.35. The lowest BCUT2D eigenvalue weighted by molar-refractivity contribution is -0.148. The summed E-state index contributed by atoms with van der Waals surface area (Å²) in [5.41, 5.74) is 1.17. The minimum atomic E-state index is -0.466. The first-order chi connectivity index (χ1) is 8.04. The summed E-state index contributed by atoms with van der Waals surface area (Å²) in [6.07, 6.45) is -0.186. The van der Waals surface area contributed by atoms with Crippen molar-refractivity contribution in [2.24, 2.45) is 0 Å². The molecule has 1 rings (SSSR count). The number of aryl methyl sites for hydroxylation is 1. The molecular formula is C12H17NO3S. The maximum absolute atomic E-state index is 11.7. The van der Waals surface area contributed by atoms with Crippen molar-refractivity contribution < 1.29 is 14.3 Å². The Morgan fingerprint density at radius 2 is 2.18 bits per heavy atom. The number of amides is 1. The minimum Gasteiger partial charge on any atom is -0.466 e. The second-order valence-electron chi connectivity index (χ2n) is 3.76. The number of esters is 1. The van der Waals surface area contributed by atoms with Gasteiger partial charge in [-0.15, -0.1) is 11.3 Å². The van der Waals surface area contributed by atoms with Crippen LogP contribution in [0.4, 0.5) is 0 Å². The highest BCUT2D eigenvalue weighted by Crippen LogP contribution is 2.17. The molecule has 0 aliphatic heterocycles. The van der Waals surface area contributed by atoms with E-state index in [2.05, 4.69) is 0 Å². The zero-order valence-corrected chi connectivity index (χ0v) is 11.2. The molecule has 4 nitrogen and oxygen atoms in total. The van der Waals surface area contributed by atoms with Gasteiger partial charge in [-0.1, -0.05) is 0 Å². The molecule has 0 fully saturated rings. The summed E-state index contributed by atoms with van der Waals surface area (Å²) in [4.78, 5) is 25.6. The van der Waals surface area contributed by atoms with E-state index in [1.807, 2.05) is 18.4 Å². The summed E-state index contributed by atoms with van der Waals surface area (Å²) in [6.45, 7) is 4.58. The number of thiophene rings is 1. The van der Waals surface area contributed by atoms with Gasteiger partial charge in [0.2, 0.25) is 5.91 Å². The standard InChI is InChI=1S/C12H17NO3S/c1-4-16-12(15)7-11(14)13(3)8-10-9(2)5-6-17-10/h5-6H,4,7-8H2,1-3H3. The molecule has 0 aliphatic rings. The van der Waals surface area contributed by atoms with Crippen molar-refractivity contribution in [3.63, 3.8) is 0 Å². The zero-order valence-electron chi connectivity index (χ0n) is 10.4. The van der Waals surface area contributed by atoms with E-state index in [1.54, 1.807) is 30.2 Å². The van der Waals surface area contributed by atoms with Gasteiger partial charge in [-0.3, -0.25) is 9.59 Å². The normalized spacial score (nSPS) is 10.1. The topological polar surface area (TPSA) is 46.6 Å². The smallest absolute Gasteiger partial charge is 0.315 e. The first kappa shape index (κ1) is 13.7. The SMILES string of the molecule is CCOC(=O)CC(=O)N(C)Cc1sccc1C. The highest BCUT2D eigenvalue weighted by atomic mass is 32.1. The average molecular weight is 255 g/mol. The van der Waals surface area contributed by atoms with Crippen LogP contribution in [0.3, 0.4) is 0 Å². The van der Waals surface area contributed by atoms with Gasteiger partial charge in [0.1, 0.15) is 6.42 Å². The third kappa shape index (κ3) is 4.19. The third-order valence-electron chi connectivity index (χ3n) is 2.38. The fourth-order valence-electron chi connectivity index (χ4n) is 1.34. The van der Waals surface area contributed by atoms with Gasteiger partial charge >= 0.3 is 5.97 Å². The molecule has 0 unspecified atom stereocenters. The first-order valence-electron chi connectivity index (χ1n) is 5.47. The Labute approximate surface area is 105 Å². The zero-order chi connectivity index (χ0) is 12.8. The molecule has 0 N–H and O–H groups in total. The van der Waals surface area contributed by atoms with E-state index in [9.17, 15) is 9.59 Å². The van der Waals surface area contributed by atoms with Gasteiger partial charge < -0.3 is 9.64 Å².